The first-order valence-corrected chi connectivity index (χ1v) is 8.79. The quantitative estimate of drug-likeness (QED) is 0.553. The molecule has 148 valence electrons. The number of para-hydroxylation sites is 3. The van der Waals surface area contributed by atoms with Crippen molar-refractivity contribution in [1.82, 2.24) is 19.3 Å². The lowest BCUT2D eigenvalue weighted by Crippen LogP contribution is -2.24. The highest BCUT2D eigenvalue weighted by Crippen LogP contribution is 2.31. The van der Waals surface area contributed by atoms with Gasteiger partial charge < -0.3 is 9.88 Å². The molecule has 0 saturated carbocycles. The van der Waals surface area contributed by atoms with Gasteiger partial charge in [-0.3, -0.25) is 9.48 Å². The van der Waals surface area contributed by atoms with Crippen LogP contribution in [0.4, 0.5) is 18.9 Å². The average Bonchev–Trinajstić information content (AvgIpc) is 3.31. The van der Waals surface area contributed by atoms with Crippen LogP contribution in [0.3, 0.4) is 0 Å². The van der Waals surface area contributed by atoms with E-state index < -0.39 is 24.5 Å². The second-order valence-corrected chi connectivity index (χ2v) is 6.42. The molecule has 0 unspecified atom stereocenters. The number of carbonyl (C=O) groups is 1. The molecule has 0 fully saturated rings. The number of anilines is 1. The van der Waals surface area contributed by atoms with Crippen LogP contribution >= 0.6 is 0 Å². The summed E-state index contributed by atoms with van der Waals surface area (Å²) in [5, 5.41) is 6.84. The average molecular weight is 399 g/mol. The number of hydrogen-bond acceptors (Lipinski definition) is 3. The van der Waals surface area contributed by atoms with Gasteiger partial charge in [-0.25, -0.2) is 4.98 Å². The Labute approximate surface area is 163 Å². The standard InChI is InChI=1S/C20H16F3N5O/c21-20(22,23)19-26-16-8-3-4-9-17(16)28(19)13-18(29)25-15-7-2-1-6-14(15)12-27-11-5-10-24-27/h1-11H,12-13H2,(H,25,29). The summed E-state index contributed by atoms with van der Waals surface area (Å²) in [6, 6.07) is 15.1. The van der Waals surface area contributed by atoms with Crippen molar-refractivity contribution in [2.45, 2.75) is 19.3 Å². The molecule has 4 aromatic rings. The van der Waals surface area contributed by atoms with E-state index >= 15 is 0 Å². The third-order valence-electron chi connectivity index (χ3n) is 4.39. The molecule has 6 nitrogen and oxygen atoms in total. The zero-order chi connectivity index (χ0) is 20.4. The van der Waals surface area contributed by atoms with Crippen LogP contribution in [-0.2, 0) is 24.1 Å². The maximum atomic E-state index is 13.4. The SMILES string of the molecule is O=C(Cn1c(C(F)(F)F)nc2ccccc21)Nc1ccccc1Cn1cccn1. The molecule has 29 heavy (non-hydrogen) atoms. The van der Waals surface area contributed by atoms with Gasteiger partial charge in [0.15, 0.2) is 0 Å². The smallest absolute Gasteiger partial charge is 0.324 e. The molecule has 4 rings (SSSR count). The van der Waals surface area contributed by atoms with Gasteiger partial charge in [0.25, 0.3) is 0 Å². The zero-order valence-corrected chi connectivity index (χ0v) is 15.1. The van der Waals surface area contributed by atoms with Gasteiger partial charge in [-0.2, -0.15) is 18.3 Å². The molecule has 0 radical (unpaired) electrons. The molecule has 9 heteroatoms. The van der Waals surface area contributed by atoms with E-state index in [9.17, 15) is 18.0 Å². The van der Waals surface area contributed by atoms with Crippen molar-refractivity contribution in [2.75, 3.05) is 5.32 Å². The second-order valence-electron chi connectivity index (χ2n) is 6.42. The number of carbonyl (C=O) groups excluding carboxylic acids is 1. The second kappa shape index (κ2) is 7.42. The minimum absolute atomic E-state index is 0.187. The summed E-state index contributed by atoms with van der Waals surface area (Å²) in [5.74, 6) is -1.68. The molecule has 2 aromatic carbocycles. The van der Waals surface area contributed by atoms with Crippen molar-refractivity contribution in [3.8, 4) is 0 Å². The van der Waals surface area contributed by atoms with Gasteiger partial charge in [0.05, 0.1) is 17.6 Å². The van der Waals surface area contributed by atoms with E-state index in [1.54, 1.807) is 47.4 Å². The maximum Gasteiger partial charge on any atom is 0.449 e. The summed E-state index contributed by atoms with van der Waals surface area (Å²) in [6.45, 7) is -0.0866. The van der Waals surface area contributed by atoms with Crippen molar-refractivity contribution in [3.05, 3.63) is 78.4 Å². The van der Waals surface area contributed by atoms with Gasteiger partial charge in [-0.15, -0.1) is 0 Å². The first kappa shape index (κ1) is 18.7. The Balaban J connectivity index is 1.60. The van der Waals surface area contributed by atoms with Crippen molar-refractivity contribution in [2.24, 2.45) is 0 Å². The number of benzene rings is 2. The number of alkyl halides is 3. The Bertz CT molecular complexity index is 1150. The number of nitrogens with one attached hydrogen (secondary N) is 1. The summed E-state index contributed by atoms with van der Waals surface area (Å²) >= 11 is 0. The fourth-order valence-corrected chi connectivity index (χ4v) is 3.13. The molecule has 0 saturated heterocycles. The van der Waals surface area contributed by atoms with E-state index in [4.69, 9.17) is 0 Å². The van der Waals surface area contributed by atoms with Gasteiger partial charge in [0, 0.05) is 18.1 Å². The van der Waals surface area contributed by atoms with E-state index in [1.165, 1.54) is 12.1 Å². The van der Waals surface area contributed by atoms with E-state index in [0.717, 1.165) is 10.1 Å². The Hall–Kier alpha value is -3.62. The maximum absolute atomic E-state index is 13.4. The Morgan fingerprint density at radius 2 is 1.79 bits per heavy atom. The molecule has 0 bridgehead atoms. The molecule has 2 heterocycles. The lowest BCUT2D eigenvalue weighted by atomic mass is 10.1. The van der Waals surface area contributed by atoms with Crippen LogP contribution in [0.1, 0.15) is 11.4 Å². The number of rotatable bonds is 5. The molecule has 2 aromatic heterocycles. The van der Waals surface area contributed by atoms with Crippen LogP contribution in [0.2, 0.25) is 0 Å². The van der Waals surface area contributed by atoms with Gasteiger partial charge >= 0.3 is 6.18 Å². The summed E-state index contributed by atoms with van der Waals surface area (Å²) < 4.78 is 42.8. The molecule has 0 aliphatic carbocycles. The molecule has 1 N–H and O–H groups in total. The summed E-state index contributed by atoms with van der Waals surface area (Å²) in [5.41, 5.74) is 1.74. The molecule has 0 atom stereocenters. The van der Waals surface area contributed by atoms with Crippen LogP contribution < -0.4 is 5.32 Å². The largest absolute Gasteiger partial charge is 0.449 e. The lowest BCUT2D eigenvalue weighted by Gasteiger charge is -2.14. The first-order chi connectivity index (χ1) is 13.9. The van der Waals surface area contributed by atoms with Crippen molar-refractivity contribution in [3.63, 3.8) is 0 Å². The Morgan fingerprint density at radius 3 is 2.55 bits per heavy atom. The number of aromatic nitrogens is 4. The molecule has 0 aliphatic heterocycles. The summed E-state index contributed by atoms with van der Waals surface area (Å²) in [4.78, 5) is 16.3. The minimum atomic E-state index is -4.67. The van der Waals surface area contributed by atoms with Gasteiger partial charge in [0.2, 0.25) is 11.7 Å². The van der Waals surface area contributed by atoms with Crippen LogP contribution in [-0.4, -0.2) is 25.2 Å². The highest BCUT2D eigenvalue weighted by molar-refractivity contribution is 5.92. The van der Waals surface area contributed by atoms with Gasteiger partial charge in [-0.1, -0.05) is 30.3 Å². The molecule has 0 spiro atoms. The van der Waals surface area contributed by atoms with Crippen LogP contribution in [0.15, 0.2) is 67.0 Å². The molecular formula is C20H16F3N5O. The van der Waals surface area contributed by atoms with Crippen molar-refractivity contribution in [1.29, 1.82) is 0 Å². The summed E-state index contributed by atoms with van der Waals surface area (Å²) in [7, 11) is 0. The molecular weight excluding hydrogens is 383 g/mol. The third kappa shape index (κ3) is 3.98. The number of hydrogen-bond donors (Lipinski definition) is 1. The monoisotopic (exact) mass is 399 g/mol. The predicted molar refractivity (Wildman–Crippen MR) is 101 cm³/mol. The Morgan fingerprint density at radius 1 is 1.03 bits per heavy atom. The number of imidazole rings is 1. The Kier molecular flexibility index (Phi) is 4.79. The number of nitrogens with zero attached hydrogens (tertiary/aromatic N) is 4. The number of halogens is 3. The van der Waals surface area contributed by atoms with E-state index in [-0.39, 0.29) is 11.0 Å². The van der Waals surface area contributed by atoms with Crippen LogP contribution in [0.25, 0.3) is 11.0 Å². The zero-order valence-electron chi connectivity index (χ0n) is 15.1. The topological polar surface area (TPSA) is 64.7 Å². The normalized spacial score (nSPS) is 11.7. The third-order valence-corrected chi connectivity index (χ3v) is 4.39. The van der Waals surface area contributed by atoms with E-state index in [2.05, 4.69) is 15.4 Å². The number of amides is 1. The fourth-order valence-electron chi connectivity index (χ4n) is 3.13. The summed E-state index contributed by atoms with van der Waals surface area (Å²) in [6.07, 6.45) is -1.24. The van der Waals surface area contributed by atoms with Gasteiger partial charge in [-0.05, 0) is 29.8 Å². The van der Waals surface area contributed by atoms with E-state index in [1.807, 2.05) is 12.1 Å². The van der Waals surface area contributed by atoms with Crippen molar-refractivity contribution < 1.29 is 18.0 Å². The van der Waals surface area contributed by atoms with Crippen molar-refractivity contribution >= 4 is 22.6 Å². The van der Waals surface area contributed by atoms with Crippen LogP contribution in [0.5, 0.6) is 0 Å². The van der Waals surface area contributed by atoms with E-state index in [0.29, 0.717) is 12.2 Å². The first-order valence-electron chi connectivity index (χ1n) is 8.79. The number of fused-ring (bicyclic) bond motifs is 1. The molecule has 1 amide bonds. The lowest BCUT2D eigenvalue weighted by molar-refractivity contribution is -0.147. The van der Waals surface area contributed by atoms with Gasteiger partial charge in [0.1, 0.15) is 6.54 Å². The van der Waals surface area contributed by atoms with Crippen LogP contribution in [0, 0.1) is 0 Å². The highest BCUT2D eigenvalue weighted by atomic mass is 19.4. The highest BCUT2D eigenvalue weighted by Gasteiger charge is 2.38. The fraction of sp³-hybridized carbons (Fsp3) is 0.150. The minimum Gasteiger partial charge on any atom is -0.324 e. The predicted octanol–water partition coefficient (Wildman–Crippen LogP) is 3.94. The molecule has 0 aliphatic rings.